The van der Waals surface area contributed by atoms with Gasteiger partial charge in [0.2, 0.25) is 0 Å². The fourth-order valence-corrected chi connectivity index (χ4v) is 4.24. The van der Waals surface area contributed by atoms with Crippen LogP contribution in [0.5, 0.6) is 5.75 Å². The van der Waals surface area contributed by atoms with Crippen LogP contribution in [-0.2, 0) is 0 Å². The Balaban J connectivity index is 1.70. The highest BCUT2D eigenvalue weighted by atomic mass is 32.2. The maximum absolute atomic E-state index is 12.4. The van der Waals surface area contributed by atoms with Gasteiger partial charge in [-0.15, -0.1) is 11.3 Å². The van der Waals surface area contributed by atoms with E-state index in [2.05, 4.69) is 15.0 Å². The molecular weight excluding hydrogens is 390 g/mol. The highest BCUT2D eigenvalue weighted by Gasteiger charge is 2.12. The molecule has 0 unspecified atom stereocenters. The van der Waals surface area contributed by atoms with Crippen molar-refractivity contribution in [1.29, 1.82) is 0 Å². The Labute approximate surface area is 163 Å². The van der Waals surface area contributed by atoms with Crippen LogP contribution < -0.4 is 10.1 Å². The van der Waals surface area contributed by atoms with E-state index in [1.165, 1.54) is 24.3 Å². The molecule has 2 aromatic carbocycles. The number of halogens is 2. The Bertz CT molecular complexity index is 960. The van der Waals surface area contributed by atoms with E-state index in [1.54, 1.807) is 23.1 Å². The summed E-state index contributed by atoms with van der Waals surface area (Å²) in [7, 11) is 0. The second-order valence-corrected chi connectivity index (χ2v) is 7.87. The van der Waals surface area contributed by atoms with Gasteiger partial charge in [-0.3, -0.25) is 4.79 Å². The number of carbonyl (C=O) groups excluding carboxylic acids is 1. The lowest BCUT2D eigenvalue weighted by Gasteiger charge is -2.11. The Kier molecular flexibility index (Phi) is 6.08. The van der Waals surface area contributed by atoms with Crippen molar-refractivity contribution in [1.82, 2.24) is 4.98 Å². The number of carbonyl (C=O) groups is 1. The van der Waals surface area contributed by atoms with Crippen molar-refractivity contribution in [3.8, 4) is 5.75 Å². The van der Waals surface area contributed by atoms with E-state index < -0.39 is 12.5 Å². The molecule has 0 radical (unpaired) electrons. The Morgan fingerprint density at radius 2 is 2.04 bits per heavy atom. The topological polar surface area (TPSA) is 51.2 Å². The van der Waals surface area contributed by atoms with Crippen LogP contribution in [0.1, 0.15) is 21.6 Å². The van der Waals surface area contributed by atoms with Gasteiger partial charge in [-0.1, -0.05) is 17.8 Å². The second kappa shape index (κ2) is 8.49. The first-order valence-corrected chi connectivity index (χ1v) is 9.67. The minimum atomic E-state index is -2.93. The van der Waals surface area contributed by atoms with E-state index in [0.29, 0.717) is 5.69 Å². The molecule has 1 aromatic heterocycles. The average molecular weight is 406 g/mol. The van der Waals surface area contributed by atoms with E-state index in [0.717, 1.165) is 20.5 Å². The van der Waals surface area contributed by atoms with Gasteiger partial charge in [0.25, 0.3) is 5.91 Å². The molecule has 140 valence electrons. The molecule has 0 aliphatic carbocycles. The molecule has 3 rings (SSSR count). The van der Waals surface area contributed by atoms with Crippen molar-refractivity contribution in [2.75, 3.05) is 5.32 Å². The summed E-state index contributed by atoms with van der Waals surface area (Å²) in [4.78, 5) is 17.9. The van der Waals surface area contributed by atoms with Gasteiger partial charge >= 0.3 is 6.61 Å². The van der Waals surface area contributed by atoms with Gasteiger partial charge in [-0.2, -0.15) is 8.78 Å². The van der Waals surface area contributed by atoms with Gasteiger partial charge in [-0.05, 0) is 55.8 Å². The van der Waals surface area contributed by atoms with Crippen LogP contribution in [0.25, 0.3) is 0 Å². The van der Waals surface area contributed by atoms with Crippen LogP contribution in [0.2, 0.25) is 0 Å². The van der Waals surface area contributed by atoms with E-state index in [1.807, 2.05) is 37.4 Å². The molecule has 3 aromatic rings. The second-order valence-electron chi connectivity index (χ2n) is 5.69. The van der Waals surface area contributed by atoms with E-state index in [4.69, 9.17) is 0 Å². The minimum Gasteiger partial charge on any atom is -0.435 e. The fourth-order valence-electron chi connectivity index (χ4n) is 2.33. The summed E-state index contributed by atoms with van der Waals surface area (Å²) in [6.07, 6.45) is 0. The van der Waals surface area contributed by atoms with E-state index in [9.17, 15) is 13.6 Å². The summed E-state index contributed by atoms with van der Waals surface area (Å²) < 4.78 is 29.9. The van der Waals surface area contributed by atoms with Gasteiger partial charge in [-0.25, -0.2) is 4.98 Å². The monoisotopic (exact) mass is 406 g/mol. The molecular formula is C19H16F2N2O2S2. The summed E-state index contributed by atoms with van der Waals surface area (Å²) in [6, 6.07) is 11.4. The number of nitrogens with zero attached hydrogens (tertiary/aromatic N) is 1. The molecule has 0 saturated heterocycles. The number of benzene rings is 2. The number of aryl methyl sites for hydroxylation is 2. The van der Waals surface area contributed by atoms with Crippen LogP contribution in [0.4, 0.5) is 14.5 Å². The summed E-state index contributed by atoms with van der Waals surface area (Å²) in [5, 5.41) is 4.79. The van der Waals surface area contributed by atoms with Crippen molar-refractivity contribution >= 4 is 34.7 Å². The molecule has 0 bridgehead atoms. The number of hydrogen-bond acceptors (Lipinski definition) is 5. The lowest BCUT2D eigenvalue weighted by atomic mass is 10.1. The molecule has 0 spiro atoms. The van der Waals surface area contributed by atoms with Gasteiger partial charge in [0.1, 0.15) is 5.75 Å². The first-order valence-electron chi connectivity index (χ1n) is 7.97. The van der Waals surface area contributed by atoms with Crippen LogP contribution in [0, 0.1) is 13.8 Å². The van der Waals surface area contributed by atoms with Crippen molar-refractivity contribution in [2.45, 2.75) is 29.7 Å². The number of aromatic nitrogens is 1. The summed E-state index contributed by atoms with van der Waals surface area (Å²) in [6.45, 7) is 0.909. The lowest BCUT2D eigenvalue weighted by Crippen LogP contribution is -2.13. The number of amides is 1. The average Bonchev–Trinajstić information content (AvgIpc) is 3.01. The van der Waals surface area contributed by atoms with Crippen molar-refractivity contribution in [3.05, 3.63) is 64.7 Å². The number of anilines is 1. The van der Waals surface area contributed by atoms with E-state index >= 15 is 0 Å². The SMILES string of the molecule is Cc1csc(Sc2ccc(NC(=O)c3cccc(OC(F)F)c3)c(C)c2)n1. The van der Waals surface area contributed by atoms with Crippen LogP contribution >= 0.6 is 23.1 Å². The van der Waals surface area contributed by atoms with Gasteiger partial charge < -0.3 is 10.1 Å². The standard InChI is InChI=1S/C19H16F2N2O2S2/c1-11-8-15(27-19-22-12(2)10-26-19)6-7-16(11)23-17(24)13-4-3-5-14(9-13)25-18(20)21/h3-10,18H,1-2H3,(H,23,24). The zero-order chi connectivity index (χ0) is 19.4. The number of rotatable bonds is 6. The highest BCUT2D eigenvalue weighted by molar-refractivity contribution is 8.01. The quantitative estimate of drug-likeness (QED) is 0.565. The lowest BCUT2D eigenvalue weighted by molar-refractivity contribution is -0.0498. The Morgan fingerprint density at radius 3 is 2.70 bits per heavy atom. The predicted molar refractivity (Wildman–Crippen MR) is 103 cm³/mol. The third-order valence-electron chi connectivity index (χ3n) is 3.57. The van der Waals surface area contributed by atoms with E-state index in [-0.39, 0.29) is 11.3 Å². The molecule has 1 N–H and O–H groups in total. The molecule has 4 nitrogen and oxygen atoms in total. The molecule has 0 aliphatic heterocycles. The molecule has 0 atom stereocenters. The first kappa shape index (κ1) is 19.3. The maximum Gasteiger partial charge on any atom is 0.387 e. The summed E-state index contributed by atoms with van der Waals surface area (Å²) in [5.74, 6) is -0.450. The fraction of sp³-hybridized carbons (Fsp3) is 0.158. The Morgan fingerprint density at radius 1 is 1.22 bits per heavy atom. The number of ether oxygens (including phenoxy) is 1. The van der Waals surface area contributed by atoms with Crippen LogP contribution in [-0.4, -0.2) is 17.5 Å². The van der Waals surface area contributed by atoms with Crippen molar-refractivity contribution < 1.29 is 18.3 Å². The third-order valence-corrected chi connectivity index (χ3v) is 5.62. The van der Waals surface area contributed by atoms with Crippen molar-refractivity contribution in [3.63, 3.8) is 0 Å². The molecule has 27 heavy (non-hydrogen) atoms. The number of thiazole rings is 1. The zero-order valence-electron chi connectivity index (χ0n) is 14.5. The minimum absolute atomic E-state index is 0.0557. The van der Waals surface area contributed by atoms with Crippen LogP contribution in [0.3, 0.4) is 0 Å². The maximum atomic E-state index is 12.4. The smallest absolute Gasteiger partial charge is 0.387 e. The van der Waals surface area contributed by atoms with Crippen molar-refractivity contribution in [2.24, 2.45) is 0 Å². The largest absolute Gasteiger partial charge is 0.435 e. The molecule has 0 fully saturated rings. The number of nitrogens with one attached hydrogen (secondary N) is 1. The molecule has 1 amide bonds. The zero-order valence-corrected chi connectivity index (χ0v) is 16.2. The van der Waals surface area contributed by atoms with Gasteiger partial charge in [0.05, 0.1) is 0 Å². The normalized spacial score (nSPS) is 10.9. The highest BCUT2D eigenvalue weighted by Crippen LogP contribution is 2.32. The number of hydrogen-bond donors (Lipinski definition) is 1. The Hall–Kier alpha value is -2.45. The molecule has 8 heteroatoms. The molecule has 1 heterocycles. The third kappa shape index (κ3) is 5.27. The van der Waals surface area contributed by atoms with Crippen LogP contribution in [0.15, 0.2) is 57.1 Å². The first-order chi connectivity index (χ1) is 12.9. The number of alkyl halides is 2. The molecule has 0 aliphatic rings. The summed E-state index contributed by atoms with van der Waals surface area (Å²) >= 11 is 3.15. The summed E-state index contributed by atoms with van der Waals surface area (Å²) in [5.41, 5.74) is 2.77. The molecule has 0 saturated carbocycles. The van der Waals surface area contributed by atoms with Gasteiger partial charge in [0.15, 0.2) is 4.34 Å². The predicted octanol–water partition coefficient (Wildman–Crippen LogP) is 5.76. The van der Waals surface area contributed by atoms with Gasteiger partial charge in [0, 0.05) is 27.2 Å².